The molecule has 1 atom stereocenters. The zero-order chi connectivity index (χ0) is 14.3. The number of fused-ring (bicyclic) bond motifs is 1. The SMILES string of the molecule is Brc1ccc(C(Br)c2csc3c(Br)cccc23)c(Br)c1. The standard InChI is InChI=1S/C15H8Br4S/c16-8-4-5-10(13(18)6-8)14(19)11-7-20-15-9(11)2-1-3-12(15)17/h1-7,14H. The van der Waals surface area contributed by atoms with E-state index in [1.807, 2.05) is 0 Å². The van der Waals surface area contributed by atoms with Crippen molar-refractivity contribution in [2.45, 2.75) is 4.83 Å². The number of benzene rings is 2. The largest absolute Gasteiger partial charge is 0.142 e. The third-order valence-corrected chi connectivity index (χ3v) is 7.23. The summed E-state index contributed by atoms with van der Waals surface area (Å²) in [5, 5.41) is 3.52. The van der Waals surface area contributed by atoms with Gasteiger partial charge in [-0.2, -0.15) is 0 Å². The van der Waals surface area contributed by atoms with E-state index in [2.05, 4.69) is 105 Å². The summed E-state index contributed by atoms with van der Waals surface area (Å²) in [6.45, 7) is 0. The Hall–Kier alpha value is 0.320. The van der Waals surface area contributed by atoms with Crippen molar-refractivity contribution in [2.24, 2.45) is 0 Å². The van der Waals surface area contributed by atoms with E-state index in [9.17, 15) is 0 Å². The summed E-state index contributed by atoms with van der Waals surface area (Å²) in [6, 6.07) is 12.6. The smallest absolute Gasteiger partial charge is 0.0669 e. The van der Waals surface area contributed by atoms with Gasteiger partial charge in [-0.05, 0) is 56.0 Å². The van der Waals surface area contributed by atoms with Gasteiger partial charge in [-0.25, -0.2) is 0 Å². The molecule has 0 saturated carbocycles. The van der Waals surface area contributed by atoms with Gasteiger partial charge in [0.1, 0.15) is 0 Å². The van der Waals surface area contributed by atoms with Crippen LogP contribution >= 0.6 is 75.1 Å². The summed E-state index contributed by atoms with van der Waals surface area (Å²) in [7, 11) is 0. The first kappa shape index (κ1) is 15.2. The molecular weight excluding hydrogens is 532 g/mol. The lowest BCUT2D eigenvalue weighted by atomic mass is 10.0. The van der Waals surface area contributed by atoms with Gasteiger partial charge in [-0.1, -0.05) is 66.0 Å². The lowest BCUT2D eigenvalue weighted by Gasteiger charge is -2.12. The van der Waals surface area contributed by atoms with Crippen molar-refractivity contribution in [3.8, 4) is 0 Å². The van der Waals surface area contributed by atoms with E-state index in [0.717, 1.165) is 13.4 Å². The van der Waals surface area contributed by atoms with E-state index < -0.39 is 0 Å². The van der Waals surface area contributed by atoms with Gasteiger partial charge in [0, 0.05) is 18.1 Å². The minimum atomic E-state index is 0.174. The maximum atomic E-state index is 3.84. The van der Waals surface area contributed by atoms with Crippen molar-refractivity contribution in [3.63, 3.8) is 0 Å². The van der Waals surface area contributed by atoms with Crippen LogP contribution in [0.5, 0.6) is 0 Å². The Bertz CT molecular complexity index is 779. The van der Waals surface area contributed by atoms with Gasteiger partial charge in [0.2, 0.25) is 0 Å². The average Bonchev–Trinajstić information content (AvgIpc) is 2.83. The molecule has 102 valence electrons. The van der Waals surface area contributed by atoms with Crippen molar-refractivity contribution in [1.82, 2.24) is 0 Å². The first-order valence-electron chi connectivity index (χ1n) is 5.82. The van der Waals surface area contributed by atoms with Gasteiger partial charge in [0.15, 0.2) is 0 Å². The van der Waals surface area contributed by atoms with Gasteiger partial charge in [-0.3, -0.25) is 0 Å². The van der Waals surface area contributed by atoms with Crippen LogP contribution in [0.25, 0.3) is 10.1 Å². The lowest BCUT2D eigenvalue weighted by molar-refractivity contribution is 1.19. The molecule has 3 rings (SSSR count). The summed E-state index contributed by atoms with van der Waals surface area (Å²) in [5.74, 6) is 0. The van der Waals surface area contributed by atoms with Crippen molar-refractivity contribution in [2.75, 3.05) is 0 Å². The highest BCUT2D eigenvalue weighted by atomic mass is 79.9. The fourth-order valence-electron chi connectivity index (χ4n) is 2.11. The summed E-state index contributed by atoms with van der Waals surface area (Å²) < 4.78 is 4.62. The molecule has 0 aliphatic rings. The molecule has 1 heterocycles. The van der Waals surface area contributed by atoms with Crippen LogP contribution in [0.1, 0.15) is 16.0 Å². The van der Waals surface area contributed by atoms with Crippen molar-refractivity contribution >= 4 is 85.1 Å². The first-order valence-corrected chi connectivity index (χ1v) is 10.00. The molecular formula is C15H8Br4S. The predicted octanol–water partition coefficient (Wildman–Crippen LogP) is 7.67. The van der Waals surface area contributed by atoms with E-state index in [1.54, 1.807) is 11.3 Å². The molecule has 0 spiro atoms. The van der Waals surface area contributed by atoms with E-state index in [1.165, 1.54) is 21.2 Å². The molecule has 0 bridgehead atoms. The fraction of sp³-hybridized carbons (Fsp3) is 0.0667. The van der Waals surface area contributed by atoms with Gasteiger partial charge >= 0.3 is 0 Å². The third kappa shape index (κ3) is 2.80. The topological polar surface area (TPSA) is 0 Å². The number of alkyl halides is 1. The van der Waals surface area contributed by atoms with Gasteiger partial charge in [0.25, 0.3) is 0 Å². The highest BCUT2D eigenvalue weighted by Gasteiger charge is 2.18. The number of halogens is 4. The first-order chi connectivity index (χ1) is 9.58. The van der Waals surface area contributed by atoms with Crippen LogP contribution in [-0.4, -0.2) is 0 Å². The second kappa shape index (κ2) is 6.21. The third-order valence-electron chi connectivity index (χ3n) is 3.09. The number of hydrogen-bond acceptors (Lipinski definition) is 1. The zero-order valence-corrected chi connectivity index (χ0v) is 17.2. The predicted molar refractivity (Wildman–Crippen MR) is 102 cm³/mol. The minimum Gasteiger partial charge on any atom is -0.142 e. The number of rotatable bonds is 2. The molecule has 0 amide bonds. The van der Waals surface area contributed by atoms with Crippen LogP contribution in [0, 0.1) is 0 Å². The van der Waals surface area contributed by atoms with E-state index >= 15 is 0 Å². The zero-order valence-electron chi connectivity index (χ0n) is 10.0. The van der Waals surface area contributed by atoms with Crippen LogP contribution in [0.3, 0.4) is 0 Å². The van der Waals surface area contributed by atoms with Crippen LogP contribution in [-0.2, 0) is 0 Å². The Kier molecular flexibility index (Phi) is 4.73. The molecule has 0 aliphatic heterocycles. The van der Waals surface area contributed by atoms with Crippen molar-refractivity contribution in [1.29, 1.82) is 0 Å². The minimum absolute atomic E-state index is 0.174. The highest BCUT2D eigenvalue weighted by Crippen LogP contribution is 2.43. The fourth-order valence-corrected chi connectivity index (χ4v) is 6.30. The van der Waals surface area contributed by atoms with E-state index in [0.29, 0.717) is 0 Å². The van der Waals surface area contributed by atoms with Gasteiger partial charge in [0.05, 0.1) is 4.83 Å². The average molecular weight is 540 g/mol. The molecule has 2 aromatic carbocycles. The molecule has 0 aliphatic carbocycles. The highest BCUT2D eigenvalue weighted by molar-refractivity contribution is 9.11. The van der Waals surface area contributed by atoms with Gasteiger partial charge < -0.3 is 0 Å². The van der Waals surface area contributed by atoms with E-state index in [-0.39, 0.29) is 4.83 Å². The van der Waals surface area contributed by atoms with Gasteiger partial charge in [-0.15, -0.1) is 11.3 Å². The van der Waals surface area contributed by atoms with Crippen molar-refractivity contribution in [3.05, 3.63) is 66.3 Å². The van der Waals surface area contributed by atoms with Crippen molar-refractivity contribution < 1.29 is 0 Å². The number of thiophene rings is 1. The Morgan fingerprint density at radius 1 is 0.900 bits per heavy atom. The summed E-state index contributed by atoms with van der Waals surface area (Å²) in [4.78, 5) is 0.174. The molecule has 0 N–H and O–H groups in total. The Balaban J connectivity index is 2.13. The normalized spacial score (nSPS) is 12.8. The molecule has 0 nitrogen and oxygen atoms in total. The Labute approximate surface area is 155 Å². The molecule has 0 saturated heterocycles. The molecule has 0 radical (unpaired) electrons. The number of hydrogen-bond donors (Lipinski definition) is 0. The summed E-state index contributed by atoms with van der Waals surface area (Å²) >= 11 is 16.4. The summed E-state index contributed by atoms with van der Waals surface area (Å²) in [6.07, 6.45) is 0. The molecule has 3 aromatic rings. The lowest BCUT2D eigenvalue weighted by Crippen LogP contribution is -1.93. The maximum absolute atomic E-state index is 3.84. The monoisotopic (exact) mass is 536 g/mol. The van der Waals surface area contributed by atoms with E-state index in [4.69, 9.17) is 0 Å². The second-order valence-corrected chi connectivity index (χ2v) is 8.76. The van der Waals surface area contributed by atoms with Crippen LogP contribution < -0.4 is 0 Å². The molecule has 1 unspecified atom stereocenters. The van der Waals surface area contributed by atoms with Crippen LogP contribution in [0.4, 0.5) is 0 Å². The second-order valence-electron chi connectivity index (χ2n) is 4.34. The molecule has 0 fully saturated rings. The molecule has 5 heteroatoms. The van der Waals surface area contributed by atoms with Crippen LogP contribution in [0.2, 0.25) is 0 Å². The maximum Gasteiger partial charge on any atom is 0.0669 e. The summed E-state index contributed by atoms with van der Waals surface area (Å²) in [5.41, 5.74) is 2.53. The Morgan fingerprint density at radius 3 is 2.45 bits per heavy atom. The van der Waals surface area contributed by atoms with Crippen LogP contribution in [0.15, 0.2) is 55.2 Å². The Morgan fingerprint density at radius 2 is 1.70 bits per heavy atom. The molecule has 1 aromatic heterocycles. The molecule has 20 heavy (non-hydrogen) atoms. The quantitative estimate of drug-likeness (QED) is 0.293.